The third-order valence-corrected chi connectivity index (χ3v) is 4.91. The van der Waals surface area contributed by atoms with Crippen LogP contribution in [0.2, 0.25) is 0 Å². The van der Waals surface area contributed by atoms with Crippen LogP contribution in [0.25, 0.3) is 0 Å². The zero-order chi connectivity index (χ0) is 14.8. The van der Waals surface area contributed by atoms with Crippen molar-refractivity contribution in [2.24, 2.45) is 5.92 Å². The molecule has 0 bridgehead atoms. The van der Waals surface area contributed by atoms with Gasteiger partial charge in [0.05, 0.1) is 0 Å². The number of hydrogen-bond acceptors (Lipinski definition) is 2. The van der Waals surface area contributed by atoms with E-state index in [9.17, 15) is 9.59 Å². The van der Waals surface area contributed by atoms with Crippen molar-refractivity contribution in [3.63, 3.8) is 0 Å². The van der Waals surface area contributed by atoms with Crippen molar-refractivity contribution in [3.05, 3.63) is 0 Å². The summed E-state index contributed by atoms with van der Waals surface area (Å²) < 4.78 is 0. The molecule has 2 rings (SSSR count). The van der Waals surface area contributed by atoms with Crippen LogP contribution >= 0.6 is 0 Å². The zero-order valence-corrected chi connectivity index (χ0v) is 13.1. The van der Waals surface area contributed by atoms with Crippen LogP contribution in [0, 0.1) is 5.92 Å². The summed E-state index contributed by atoms with van der Waals surface area (Å²) in [7, 11) is 0. The molecule has 4 nitrogen and oxygen atoms in total. The number of nitrogens with zero attached hydrogens (tertiary/aromatic N) is 1. The average molecular weight is 280 g/mol. The zero-order valence-electron chi connectivity index (χ0n) is 13.1. The molecule has 1 unspecified atom stereocenters. The first-order valence-electron chi connectivity index (χ1n) is 8.11. The first kappa shape index (κ1) is 15.3. The van der Waals surface area contributed by atoms with E-state index >= 15 is 0 Å². The maximum absolute atomic E-state index is 12.8. The fourth-order valence-electron chi connectivity index (χ4n) is 3.44. The molecule has 2 aliphatic rings. The first-order chi connectivity index (χ1) is 9.48. The molecule has 20 heavy (non-hydrogen) atoms. The molecule has 2 amide bonds. The van der Waals surface area contributed by atoms with Crippen molar-refractivity contribution in [1.82, 2.24) is 10.2 Å². The largest absolute Gasteiger partial charge is 0.342 e. The lowest BCUT2D eigenvalue weighted by atomic mass is 9.81. The molecule has 114 valence electrons. The second-order valence-corrected chi connectivity index (χ2v) is 6.75. The molecule has 0 radical (unpaired) electrons. The van der Waals surface area contributed by atoms with Gasteiger partial charge < -0.3 is 10.2 Å². The fourth-order valence-corrected chi connectivity index (χ4v) is 3.44. The number of carbonyl (C=O) groups excluding carboxylic acids is 2. The van der Waals surface area contributed by atoms with Gasteiger partial charge in [-0.05, 0) is 39.0 Å². The minimum atomic E-state index is -0.711. The van der Waals surface area contributed by atoms with Gasteiger partial charge in [0.25, 0.3) is 0 Å². The van der Waals surface area contributed by atoms with E-state index in [0.29, 0.717) is 12.5 Å². The summed E-state index contributed by atoms with van der Waals surface area (Å²) in [6.07, 6.45) is 7.76. The van der Waals surface area contributed by atoms with E-state index in [1.165, 1.54) is 19.3 Å². The van der Waals surface area contributed by atoms with Gasteiger partial charge in [0.1, 0.15) is 11.6 Å². The highest BCUT2D eigenvalue weighted by Gasteiger charge is 2.48. The van der Waals surface area contributed by atoms with E-state index in [1.54, 1.807) is 0 Å². The van der Waals surface area contributed by atoms with E-state index in [4.69, 9.17) is 0 Å². The van der Waals surface area contributed by atoms with Crippen molar-refractivity contribution in [2.45, 2.75) is 77.3 Å². The highest BCUT2D eigenvalue weighted by atomic mass is 16.2. The fraction of sp³-hybridized carbons (Fsp3) is 0.875. The van der Waals surface area contributed by atoms with E-state index in [1.807, 2.05) is 18.7 Å². The van der Waals surface area contributed by atoms with Crippen LogP contribution in [0.4, 0.5) is 0 Å². The van der Waals surface area contributed by atoms with Gasteiger partial charge in [-0.1, -0.05) is 32.6 Å². The lowest BCUT2D eigenvalue weighted by Gasteiger charge is -2.46. The normalized spacial score (nSPS) is 27.6. The number of carbonyl (C=O) groups is 2. The van der Waals surface area contributed by atoms with Crippen molar-refractivity contribution < 1.29 is 9.59 Å². The lowest BCUT2D eigenvalue weighted by molar-refractivity contribution is -0.157. The van der Waals surface area contributed by atoms with Crippen LogP contribution in [-0.4, -0.2) is 34.8 Å². The van der Waals surface area contributed by atoms with Gasteiger partial charge in [0, 0.05) is 6.54 Å². The Morgan fingerprint density at radius 2 is 1.85 bits per heavy atom. The predicted molar refractivity (Wildman–Crippen MR) is 79.2 cm³/mol. The molecule has 0 spiro atoms. The maximum Gasteiger partial charge on any atom is 0.246 e. The Bertz CT molecular complexity index is 373. The molecule has 0 aromatic rings. The molecule has 1 saturated heterocycles. The number of piperazine rings is 1. The van der Waals surface area contributed by atoms with E-state index in [-0.39, 0.29) is 17.9 Å². The topological polar surface area (TPSA) is 49.4 Å². The molecule has 2 fully saturated rings. The second kappa shape index (κ2) is 6.15. The summed E-state index contributed by atoms with van der Waals surface area (Å²) in [6, 6.07) is -0.285. The first-order valence-corrected chi connectivity index (χ1v) is 8.11. The standard InChI is InChI=1S/C16H28N2O2/c1-4-5-11-18-14(19)13(12-9-7-6-8-10-12)17-15(20)16(18,2)3/h12-13H,4-11H2,1-3H3,(H,17,20). The van der Waals surface area contributed by atoms with Crippen molar-refractivity contribution in [2.75, 3.05) is 6.54 Å². The highest BCUT2D eigenvalue weighted by molar-refractivity contribution is 5.99. The van der Waals surface area contributed by atoms with Crippen LogP contribution in [0.5, 0.6) is 0 Å². The highest BCUT2D eigenvalue weighted by Crippen LogP contribution is 2.31. The number of nitrogens with one attached hydrogen (secondary N) is 1. The SMILES string of the molecule is CCCCN1C(=O)C(C2CCCCC2)NC(=O)C1(C)C. The molecule has 1 aliphatic heterocycles. The summed E-state index contributed by atoms with van der Waals surface area (Å²) in [5, 5.41) is 3.00. The molecule has 1 atom stereocenters. The predicted octanol–water partition coefficient (Wildman–Crippen LogP) is 2.47. The average Bonchev–Trinajstić information content (AvgIpc) is 2.44. The van der Waals surface area contributed by atoms with E-state index in [2.05, 4.69) is 12.2 Å². The van der Waals surface area contributed by atoms with Gasteiger partial charge >= 0.3 is 0 Å². The molecule has 0 aromatic heterocycles. The lowest BCUT2D eigenvalue weighted by Crippen LogP contribution is -2.69. The van der Waals surface area contributed by atoms with Gasteiger partial charge in [-0.3, -0.25) is 9.59 Å². The Morgan fingerprint density at radius 1 is 1.20 bits per heavy atom. The van der Waals surface area contributed by atoms with Crippen molar-refractivity contribution in [3.8, 4) is 0 Å². The van der Waals surface area contributed by atoms with Gasteiger partial charge in [0.2, 0.25) is 11.8 Å². The van der Waals surface area contributed by atoms with Crippen LogP contribution in [0.3, 0.4) is 0 Å². The Kier molecular flexibility index (Phi) is 4.71. The van der Waals surface area contributed by atoms with Crippen molar-refractivity contribution >= 4 is 11.8 Å². The quantitative estimate of drug-likeness (QED) is 0.860. The molecular formula is C16H28N2O2. The number of unbranched alkanes of at least 4 members (excludes halogenated alkanes) is 1. The van der Waals surface area contributed by atoms with Crippen molar-refractivity contribution in [1.29, 1.82) is 0 Å². The molecule has 0 aromatic carbocycles. The Hall–Kier alpha value is -1.06. The molecule has 1 N–H and O–H groups in total. The van der Waals surface area contributed by atoms with Gasteiger partial charge in [-0.15, -0.1) is 0 Å². The third-order valence-electron chi connectivity index (χ3n) is 4.91. The minimum absolute atomic E-state index is 0.00350. The molecular weight excluding hydrogens is 252 g/mol. The van der Waals surface area contributed by atoms with Gasteiger partial charge in [-0.2, -0.15) is 0 Å². The van der Waals surface area contributed by atoms with Crippen LogP contribution < -0.4 is 5.32 Å². The second-order valence-electron chi connectivity index (χ2n) is 6.75. The molecule has 1 aliphatic carbocycles. The molecule has 1 heterocycles. The smallest absolute Gasteiger partial charge is 0.246 e. The summed E-state index contributed by atoms with van der Waals surface area (Å²) in [5.41, 5.74) is -0.711. The van der Waals surface area contributed by atoms with Crippen LogP contribution in [-0.2, 0) is 9.59 Å². The molecule has 1 saturated carbocycles. The Labute approximate surface area is 122 Å². The summed E-state index contributed by atoms with van der Waals surface area (Å²) in [6.45, 7) is 6.51. The van der Waals surface area contributed by atoms with Gasteiger partial charge in [-0.25, -0.2) is 0 Å². The molecule has 4 heteroatoms. The summed E-state index contributed by atoms with van der Waals surface area (Å²) in [5.74, 6) is 0.471. The van der Waals surface area contributed by atoms with Crippen LogP contribution in [0.1, 0.15) is 65.7 Å². The minimum Gasteiger partial charge on any atom is -0.342 e. The number of amides is 2. The van der Waals surface area contributed by atoms with Crippen LogP contribution in [0.15, 0.2) is 0 Å². The summed E-state index contributed by atoms with van der Waals surface area (Å²) in [4.78, 5) is 27.0. The maximum atomic E-state index is 12.8. The number of hydrogen-bond donors (Lipinski definition) is 1. The number of rotatable bonds is 4. The Balaban J connectivity index is 2.15. The van der Waals surface area contributed by atoms with E-state index in [0.717, 1.165) is 25.7 Å². The third kappa shape index (κ3) is 2.84. The Morgan fingerprint density at radius 3 is 2.45 bits per heavy atom. The monoisotopic (exact) mass is 280 g/mol. The van der Waals surface area contributed by atoms with E-state index < -0.39 is 5.54 Å². The van der Waals surface area contributed by atoms with Gasteiger partial charge in [0.15, 0.2) is 0 Å². The summed E-state index contributed by atoms with van der Waals surface area (Å²) >= 11 is 0.